The smallest absolute Gasteiger partial charge is 0.191 e. The molecule has 8 heteroatoms. The fourth-order valence-corrected chi connectivity index (χ4v) is 4.31. The normalized spacial score (nSPS) is 22.6. The number of ether oxygens (including phenoxy) is 2. The van der Waals surface area contributed by atoms with Gasteiger partial charge in [0.1, 0.15) is 11.5 Å². The molecule has 2 heterocycles. The van der Waals surface area contributed by atoms with Gasteiger partial charge in [0.2, 0.25) is 0 Å². The van der Waals surface area contributed by atoms with Crippen molar-refractivity contribution in [2.24, 2.45) is 10.9 Å². The second-order valence-electron chi connectivity index (χ2n) is 8.09. The monoisotopic (exact) mass is 531 g/mol. The molecular formula is C22H38IN5O2. The number of hydrogen-bond donors (Lipinski definition) is 2. The number of methoxy groups -OCH3 is 2. The Kier molecular flexibility index (Phi) is 10.5. The van der Waals surface area contributed by atoms with Gasteiger partial charge in [-0.2, -0.15) is 0 Å². The third-order valence-corrected chi connectivity index (χ3v) is 6.03. The van der Waals surface area contributed by atoms with Crippen LogP contribution in [0, 0.1) is 5.92 Å². The zero-order chi connectivity index (χ0) is 20.6. The van der Waals surface area contributed by atoms with Gasteiger partial charge in [0.25, 0.3) is 0 Å². The maximum Gasteiger partial charge on any atom is 0.191 e. The first-order valence-corrected chi connectivity index (χ1v) is 10.8. The number of rotatable bonds is 8. The Bertz CT molecular complexity index is 665. The molecule has 0 amide bonds. The molecule has 2 unspecified atom stereocenters. The fraction of sp³-hybridized carbons (Fsp3) is 0.682. The van der Waals surface area contributed by atoms with E-state index in [1.807, 2.05) is 13.1 Å². The molecule has 1 aromatic carbocycles. The molecule has 2 aliphatic rings. The molecule has 0 aromatic heterocycles. The first-order valence-electron chi connectivity index (χ1n) is 10.8. The number of likely N-dealkylation sites (tertiary alicyclic amines) is 2. The molecule has 2 N–H and O–H groups in total. The average Bonchev–Trinajstić information content (AvgIpc) is 3.39. The first kappa shape index (κ1) is 25.0. The standard InChI is InChI=1S/C22H37N5O2.HI/c1-5-26-8-6-17(14-26)13-24-22(23-2)25-19-7-9-27(16-19)15-18-10-20(28-3)12-21(11-18)29-4;/h10-12,17,19H,5-9,13-16H2,1-4H3,(H2,23,24,25);1H. The molecule has 1 aromatic rings. The lowest BCUT2D eigenvalue weighted by molar-refractivity contribution is 0.321. The van der Waals surface area contributed by atoms with E-state index in [1.54, 1.807) is 14.2 Å². The summed E-state index contributed by atoms with van der Waals surface area (Å²) in [5.74, 6) is 3.32. The zero-order valence-corrected chi connectivity index (χ0v) is 21.1. The molecule has 2 atom stereocenters. The minimum absolute atomic E-state index is 0. The van der Waals surface area contributed by atoms with E-state index in [2.05, 4.69) is 44.5 Å². The highest BCUT2D eigenvalue weighted by Crippen LogP contribution is 2.24. The van der Waals surface area contributed by atoms with E-state index in [0.717, 1.165) is 62.5 Å². The maximum atomic E-state index is 5.40. The number of halogens is 1. The largest absolute Gasteiger partial charge is 0.497 e. The van der Waals surface area contributed by atoms with Crippen molar-refractivity contribution >= 4 is 29.9 Å². The van der Waals surface area contributed by atoms with Crippen molar-refractivity contribution in [3.05, 3.63) is 23.8 Å². The lowest BCUT2D eigenvalue weighted by Gasteiger charge is -2.20. The summed E-state index contributed by atoms with van der Waals surface area (Å²) in [4.78, 5) is 9.42. The molecule has 30 heavy (non-hydrogen) atoms. The maximum absolute atomic E-state index is 5.40. The van der Waals surface area contributed by atoms with Gasteiger partial charge < -0.3 is 25.0 Å². The van der Waals surface area contributed by atoms with Crippen LogP contribution in [-0.4, -0.2) is 82.3 Å². The molecule has 7 nitrogen and oxygen atoms in total. The number of nitrogens with zero attached hydrogens (tertiary/aromatic N) is 3. The highest BCUT2D eigenvalue weighted by Gasteiger charge is 2.25. The van der Waals surface area contributed by atoms with Crippen molar-refractivity contribution in [2.75, 3.05) is 60.5 Å². The van der Waals surface area contributed by atoms with Crippen LogP contribution in [0.2, 0.25) is 0 Å². The Hall–Kier alpha value is -1.26. The van der Waals surface area contributed by atoms with Crippen LogP contribution in [0.5, 0.6) is 11.5 Å². The summed E-state index contributed by atoms with van der Waals surface area (Å²) in [5.41, 5.74) is 1.21. The van der Waals surface area contributed by atoms with Crippen molar-refractivity contribution in [2.45, 2.75) is 32.4 Å². The van der Waals surface area contributed by atoms with Crippen molar-refractivity contribution in [1.82, 2.24) is 20.4 Å². The number of benzene rings is 1. The predicted octanol–water partition coefficient (Wildman–Crippen LogP) is 2.40. The summed E-state index contributed by atoms with van der Waals surface area (Å²) in [6.07, 6.45) is 2.40. The second kappa shape index (κ2) is 12.6. The summed E-state index contributed by atoms with van der Waals surface area (Å²) >= 11 is 0. The van der Waals surface area contributed by atoms with E-state index < -0.39 is 0 Å². The molecule has 0 radical (unpaired) electrons. The highest BCUT2D eigenvalue weighted by atomic mass is 127. The van der Waals surface area contributed by atoms with E-state index in [0.29, 0.717) is 6.04 Å². The Balaban J connectivity index is 0.00000320. The van der Waals surface area contributed by atoms with Crippen molar-refractivity contribution in [3.63, 3.8) is 0 Å². The number of aliphatic imine (C=N–C) groups is 1. The van der Waals surface area contributed by atoms with Crippen LogP contribution in [0.25, 0.3) is 0 Å². The van der Waals surface area contributed by atoms with E-state index >= 15 is 0 Å². The molecule has 3 rings (SSSR count). The SMILES string of the molecule is CCN1CCC(CNC(=NC)NC2CCN(Cc3cc(OC)cc(OC)c3)C2)C1.I. The van der Waals surface area contributed by atoms with Crippen LogP contribution in [-0.2, 0) is 6.54 Å². The van der Waals surface area contributed by atoms with E-state index in [9.17, 15) is 0 Å². The number of guanidine groups is 1. The first-order chi connectivity index (χ1) is 14.1. The topological polar surface area (TPSA) is 61.4 Å². The van der Waals surface area contributed by atoms with Gasteiger partial charge in [0.15, 0.2) is 5.96 Å². The minimum atomic E-state index is 0. The van der Waals surface area contributed by atoms with Gasteiger partial charge in [0, 0.05) is 51.9 Å². The highest BCUT2D eigenvalue weighted by molar-refractivity contribution is 14.0. The van der Waals surface area contributed by atoms with Gasteiger partial charge in [-0.15, -0.1) is 24.0 Å². The number of hydrogen-bond acceptors (Lipinski definition) is 5. The van der Waals surface area contributed by atoms with E-state index in [4.69, 9.17) is 9.47 Å². The Morgan fingerprint density at radius 1 is 1.07 bits per heavy atom. The molecule has 0 spiro atoms. The molecule has 170 valence electrons. The van der Waals surface area contributed by atoms with Crippen molar-refractivity contribution in [3.8, 4) is 11.5 Å². The van der Waals surface area contributed by atoms with Crippen LogP contribution in [0.15, 0.2) is 23.2 Å². The van der Waals surface area contributed by atoms with Gasteiger partial charge >= 0.3 is 0 Å². The van der Waals surface area contributed by atoms with Gasteiger partial charge in [-0.1, -0.05) is 6.92 Å². The van der Waals surface area contributed by atoms with Crippen LogP contribution in [0.1, 0.15) is 25.3 Å². The van der Waals surface area contributed by atoms with Crippen LogP contribution in [0.3, 0.4) is 0 Å². The number of nitrogens with one attached hydrogen (secondary N) is 2. The average molecular weight is 531 g/mol. The summed E-state index contributed by atoms with van der Waals surface area (Å²) in [6, 6.07) is 6.51. The Morgan fingerprint density at radius 2 is 1.77 bits per heavy atom. The second-order valence-corrected chi connectivity index (χ2v) is 8.09. The van der Waals surface area contributed by atoms with Crippen molar-refractivity contribution < 1.29 is 9.47 Å². The molecule has 0 aliphatic carbocycles. The third-order valence-electron chi connectivity index (χ3n) is 6.03. The van der Waals surface area contributed by atoms with Crippen LogP contribution in [0.4, 0.5) is 0 Å². The van der Waals surface area contributed by atoms with Crippen LogP contribution < -0.4 is 20.1 Å². The quantitative estimate of drug-likeness (QED) is 0.305. The summed E-state index contributed by atoms with van der Waals surface area (Å²) < 4.78 is 10.8. The summed E-state index contributed by atoms with van der Waals surface area (Å²) in [7, 11) is 5.24. The molecule has 2 aliphatic heterocycles. The predicted molar refractivity (Wildman–Crippen MR) is 133 cm³/mol. The molecule has 2 fully saturated rings. The van der Waals surface area contributed by atoms with Gasteiger partial charge in [-0.3, -0.25) is 9.89 Å². The van der Waals surface area contributed by atoms with Crippen molar-refractivity contribution in [1.29, 1.82) is 0 Å². The third kappa shape index (κ3) is 7.16. The molecule has 2 saturated heterocycles. The summed E-state index contributed by atoms with van der Waals surface area (Å²) in [6.45, 7) is 9.78. The van der Waals surface area contributed by atoms with Gasteiger partial charge in [-0.05, 0) is 49.5 Å². The summed E-state index contributed by atoms with van der Waals surface area (Å²) in [5, 5.41) is 7.15. The Labute approximate surface area is 198 Å². The molecular weight excluding hydrogens is 493 g/mol. The lowest BCUT2D eigenvalue weighted by atomic mass is 10.1. The Morgan fingerprint density at radius 3 is 2.37 bits per heavy atom. The fourth-order valence-electron chi connectivity index (χ4n) is 4.31. The molecule has 0 bridgehead atoms. The molecule has 0 saturated carbocycles. The van der Waals surface area contributed by atoms with E-state index in [1.165, 1.54) is 25.1 Å². The van der Waals surface area contributed by atoms with Crippen LogP contribution >= 0.6 is 24.0 Å². The van der Waals surface area contributed by atoms with E-state index in [-0.39, 0.29) is 24.0 Å². The van der Waals surface area contributed by atoms with Gasteiger partial charge in [0.05, 0.1) is 14.2 Å². The van der Waals surface area contributed by atoms with Gasteiger partial charge in [-0.25, -0.2) is 0 Å². The lowest BCUT2D eigenvalue weighted by Crippen LogP contribution is -2.46. The zero-order valence-electron chi connectivity index (χ0n) is 18.8. The minimum Gasteiger partial charge on any atom is -0.497 e.